The number of phenolic OH excluding ortho intramolecular Hbond substituents is 1. The SMILES string of the molecule is COc1ccc(C(C)NCC(C)(C)C)c(O)c1. The summed E-state index contributed by atoms with van der Waals surface area (Å²) in [5.74, 6) is 0.951. The monoisotopic (exact) mass is 237 g/mol. The van der Waals surface area contributed by atoms with Crippen molar-refractivity contribution >= 4 is 0 Å². The maximum atomic E-state index is 9.90. The van der Waals surface area contributed by atoms with Crippen molar-refractivity contribution in [1.29, 1.82) is 0 Å². The maximum Gasteiger partial charge on any atom is 0.124 e. The van der Waals surface area contributed by atoms with Crippen LogP contribution in [0.1, 0.15) is 39.3 Å². The van der Waals surface area contributed by atoms with Crippen molar-refractivity contribution in [2.24, 2.45) is 5.41 Å². The Labute approximate surface area is 104 Å². The lowest BCUT2D eigenvalue weighted by molar-refractivity contribution is 0.354. The molecule has 0 spiro atoms. The number of nitrogens with one attached hydrogen (secondary N) is 1. The van der Waals surface area contributed by atoms with Crippen LogP contribution in [-0.4, -0.2) is 18.8 Å². The van der Waals surface area contributed by atoms with E-state index in [1.54, 1.807) is 13.2 Å². The predicted octanol–water partition coefficient (Wildman–Crippen LogP) is 3.10. The van der Waals surface area contributed by atoms with Gasteiger partial charge in [0.15, 0.2) is 0 Å². The quantitative estimate of drug-likeness (QED) is 0.845. The smallest absolute Gasteiger partial charge is 0.124 e. The van der Waals surface area contributed by atoms with Crippen molar-refractivity contribution < 1.29 is 9.84 Å². The summed E-state index contributed by atoms with van der Waals surface area (Å²) in [6.07, 6.45) is 0. The molecule has 0 aromatic heterocycles. The first kappa shape index (κ1) is 13.8. The fraction of sp³-hybridized carbons (Fsp3) is 0.571. The summed E-state index contributed by atoms with van der Waals surface area (Å²) in [4.78, 5) is 0. The van der Waals surface area contributed by atoms with Crippen LogP contribution in [0.2, 0.25) is 0 Å². The van der Waals surface area contributed by atoms with Crippen molar-refractivity contribution in [3.63, 3.8) is 0 Å². The second-order valence-electron chi connectivity index (χ2n) is 5.59. The molecule has 1 rings (SSSR count). The largest absolute Gasteiger partial charge is 0.507 e. The Bertz CT molecular complexity index is 369. The van der Waals surface area contributed by atoms with Crippen LogP contribution in [0.5, 0.6) is 11.5 Å². The first-order valence-corrected chi connectivity index (χ1v) is 5.94. The Morgan fingerprint density at radius 3 is 2.47 bits per heavy atom. The van der Waals surface area contributed by atoms with Crippen LogP contribution in [0, 0.1) is 5.41 Å². The molecule has 0 aliphatic heterocycles. The molecule has 0 amide bonds. The Hall–Kier alpha value is -1.22. The number of phenols is 1. The molecule has 0 aliphatic rings. The van der Waals surface area contributed by atoms with Crippen molar-refractivity contribution in [3.05, 3.63) is 23.8 Å². The van der Waals surface area contributed by atoms with E-state index >= 15 is 0 Å². The number of benzene rings is 1. The Kier molecular flexibility index (Phi) is 4.40. The molecule has 3 heteroatoms. The van der Waals surface area contributed by atoms with E-state index in [1.165, 1.54) is 0 Å². The van der Waals surface area contributed by atoms with E-state index in [0.717, 1.165) is 12.1 Å². The summed E-state index contributed by atoms with van der Waals surface area (Å²) in [7, 11) is 1.59. The molecule has 2 N–H and O–H groups in total. The third kappa shape index (κ3) is 4.27. The normalized spacial score (nSPS) is 13.5. The van der Waals surface area contributed by atoms with Gasteiger partial charge in [0.25, 0.3) is 0 Å². The third-order valence-electron chi connectivity index (χ3n) is 2.64. The van der Waals surface area contributed by atoms with Gasteiger partial charge in [0.1, 0.15) is 11.5 Å². The number of methoxy groups -OCH3 is 1. The van der Waals surface area contributed by atoms with E-state index in [0.29, 0.717) is 5.75 Å². The number of rotatable bonds is 4. The summed E-state index contributed by atoms with van der Waals surface area (Å²) in [5, 5.41) is 13.3. The van der Waals surface area contributed by atoms with Gasteiger partial charge in [-0.15, -0.1) is 0 Å². The number of ether oxygens (including phenoxy) is 1. The highest BCUT2D eigenvalue weighted by atomic mass is 16.5. The van der Waals surface area contributed by atoms with Crippen molar-refractivity contribution in [2.45, 2.75) is 33.7 Å². The van der Waals surface area contributed by atoms with Gasteiger partial charge in [-0.05, 0) is 18.4 Å². The lowest BCUT2D eigenvalue weighted by atomic mass is 9.96. The number of hydrogen-bond donors (Lipinski definition) is 2. The zero-order chi connectivity index (χ0) is 13.1. The van der Waals surface area contributed by atoms with Crippen LogP contribution in [0.3, 0.4) is 0 Å². The van der Waals surface area contributed by atoms with Gasteiger partial charge in [0, 0.05) is 24.2 Å². The van der Waals surface area contributed by atoms with Gasteiger partial charge in [-0.1, -0.05) is 26.8 Å². The summed E-state index contributed by atoms with van der Waals surface area (Å²) in [6, 6.07) is 5.53. The summed E-state index contributed by atoms with van der Waals surface area (Å²) >= 11 is 0. The molecule has 96 valence electrons. The molecule has 1 atom stereocenters. The van der Waals surface area contributed by atoms with Crippen LogP contribution in [0.4, 0.5) is 0 Å². The standard InChI is InChI=1S/C14H23NO2/c1-10(15-9-14(2,3)4)12-7-6-11(17-5)8-13(12)16/h6-8,10,15-16H,9H2,1-5H3. The van der Waals surface area contributed by atoms with Gasteiger partial charge >= 0.3 is 0 Å². The van der Waals surface area contributed by atoms with E-state index in [-0.39, 0.29) is 17.2 Å². The molecule has 1 aromatic carbocycles. The van der Waals surface area contributed by atoms with Gasteiger partial charge in [0.2, 0.25) is 0 Å². The predicted molar refractivity (Wildman–Crippen MR) is 70.5 cm³/mol. The molecule has 1 aromatic rings. The molecule has 0 saturated carbocycles. The summed E-state index contributed by atoms with van der Waals surface area (Å²) in [5.41, 5.74) is 1.13. The molecule has 0 radical (unpaired) electrons. The van der Waals surface area contributed by atoms with Crippen LogP contribution >= 0.6 is 0 Å². The van der Waals surface area contributed by atoms with E-state index in [9.17, 15) is 5.11 Å². The van der Waals surface area contributed by atoms with Crippen LogP contribution < -0.4 is 10.1 Å². The fourth-order valence-corrected chi connectivity index (χ4v) is 1.59. The highest BCUT2D eigenvalue weighted by Gasteiger charge is 2.15. The second kappa shape index (κ2) is 5.41. The molecule has 0 fully saturated rings. The second-order valence-corrected chi connectivity index (χ2v) is 5.59. The minimum Gasteiger partial charge on any atom is -0.507 e. The van der Waals surface area contributed by atoms with Crippen LogP contribution in [-0.2, 0) is 0 Å². The highest BCUT2D eigenvalue weighted by molar-refractivity contribution is 5.41. The molecular weight excluding hydrogens is 214 g/mol. The zero-order valence-electron chi connectivity index (χ0n) is 11.4. The third-order valence-corrected chi connectivity index (χ3v) is 2.64. The van der Waals surface area contributed by atoms with Gasteiger partial charge in [0.05, 0.1) is 7.11 Å². The molecule has 0 aliphatic carbocycles. The van der Waals surface area contributed by atoms with E-state index in [4.69, 9.17) is 4.74 Å². The Morgan fingerprint density at radius 2 is 2.00 bits per heavy atom. The molecule has 17 heavy (non-hydrogen) atoms. The van der Waals surface area contributed by atoms with Gasteiger partial charge in [-0.2, -0.15) is 0 Å². The minimum absolute atomic E-state index is 0.125. The lowest BCUT2D eigenvalue weighted by Gasteiger charge is -2.23. The molecular formula is C14H23NO2. The molecule has 3 nitrogen and oxygen atoms in total. The topological polar surface area (TPSA) is 41.5 Å². The van der Waals surface area contributed by atoms with Gasteiger partial charge in [-0.3, -0.25) is 0 Å². The zero-order valence-corrected chi connectivity index (χ0v) is 11.4. The minimum atomic E-state index is 0.125. The van der Waals surface area contributed by atoms with Gasteiger partial charge < -0.3 is 15.2 Å². The average molecular weight is 237 g/mol. The van der Waals surface area contributed by atoms with Crippen LogP contribution in [0.25, 0.3) is 0 Å². The molecule has 0 heterocycles. The molecule has 0 saturated heterocycles. The van der Waals surface area contributed by atoms with Crippen molar-refractivity contribution in [2.75, 3.05) is 13.7 Å². The highest BCUT2D eigenvalue weighted by Crippen LogP contribution is 2.28. The number of aromatic hydroxyl groups is 1. The van der Waals surface area contributed by atoms with E-state index in [1.807, 2.05) is 19.1 Å². The van der Waals surface area contributed by atoms with Crippen LogP contribution in [0.15, 0.2) is 18.2 Å². The summed E-state index contributed by atoms with van der Waals surface area (Å²) in [6.45, 7) is 9.49. The Balaban J connectivity index is 2.72. The fourth-order valence-electron chi connectivity index (χ4n) is 1.59. The first-order valence-electron chi connectivity index (χ1n) is 5.94. The Morgan fingerprint density at radius 1 is 1.35 bits per heavy atom. The van der Waals surface area contributed by atoms with E-state index in [2.05, 4.69) is 26.1 Å². The molecule has 0 bridgehead atoms. The van der Waals surface area contributed by atoms with E-state index < -0.39 is 0 Å². The van der Waals surface area contributed by atoms with Crippen molar-refractivity contribution in [1.82, 2.24) is 5.32 Å². The lowest BCUT2D eigenvalue weighted by Crippen LogP contribution is -2.29. The summed E-state index contributed by atoms with van der Waals surface area (Å²) < 4.78 is 5.06. The molecule has 1 unspecified atom stereocenters. The average Bonchev–Trinajstić information content (AvgIpc) is 2.24. The first-order chi connectivity index (χ1) is 7.83. The maximum absolute atomic E-state index is 9.90. The van der Waals surface area contributed by atoms with Crippen molar-refractivity contribution in [3.8, 4) is 11.5 Å². The number of hydrogen-bond acceptors (Lipinski definition) is 3. The van der Waals surface area contributed by atoms with Gasteiger partial charge in [-0.25, -0.2) is 0 Å².